The maximum Gasteiger partial charge on any atom is 0.262 e. The lowest BCUT2D eigenvalue weighted by atomic mass is 10.1. The van der Waals surface area contributed by atoms with Crippen molar-refractivity contribution in [3.8, 4) is 5.75 Å². The van der Waals surface area contributed by atoms with Gasteiger partial charge in [0, 0.05) is 25.7 Å². The van der Waals surface area contributed by atoms with Crippen LogP contribution in [-0.4, -0.2) is 57.3 Å². The smallest absolute Gasteiger partial charge is 0.262 e. The highest BCUT2D eigenvalue weighted by Crippen LogP contribution is 2.35. The summed E-state index contributed by atoms with van der Waals surface area (Å²) in [7, 11) is -2.38. The van der Waals surface area contributed by atoms with Gasteiger partial charge < -0.3 is 15.0 Å². The number of nitrogens with one attached hydrogen (secondary N) is 1. The first kappa shape index (κ1) is 23.1. The fourth-order valence-electron chi connectivity index (χ4n) is 3.42. The normalized spacial score (nSPS) is 15.9. The van der Waals surface area contributed by atoms with Gasteiger partial charge in [-0.1, -0.05) is 37.6 Å². The Morgan fingerprint density at radius 1 is 1.19 bits per heavy atom. The minimum atomic E-state index is -3.87. The van der Waals surface area contributed by atoms with Gasteiger partial charge in [-0.3, -0.25) is 9.59 Å². The van der Waals surface area contributed by atoms with Gasteiger partial charge >= 0.3 is 0 Å². The van der Waals surface area contributed by atoms with E-state index in [4.69, 9.17) is 16.3 Å². The van der Waals surface area contributed by atoms with Crippen LogP contribution in [0, 0.1) is 0 Å². The molecule has 0 bridgehead atoms. The van der Waals surface area contributed by atoms with Crippen LogP contribution in [0.25, 0.3) is 0 Å². The van der Waals surface area contributed by atoms with E-state index in [1.807, 2.05) is 0 Å². The first-order chi connectivity index (χ1) is 14.7. The number of nitrogens with zero attached hydrogens (tertiary/aromatic N) is 2. The molecule has 0 aliphatic carbocycles. The molecular formula is C21H24ClN3O5S. The van der Waals surface area contributed by atoms with Crippen molar-refractivity contribution < 1.29 is 22.7 Å². The highest BCUT2D eigenvalue weighted by Gasteiger charge is 2.34. The van der Waals surface area contributed by atoms with Crippen molar-refractivity contribution in [2.45, 2.75) is 24.8 Å². The van der Waals surface area contributed by atoms with E-state index in [0.717, 1.165) is 0 Å². The Balaban J connectivity index is 2.04. The summed E-state index contributed by atoms with van der Waals surface area (Å²) in [5.41, 5.74) is 0.637. The third-order valence-corrected chi connectivity index (χ3v) is 7.59. The summed E-state index contributed by atoms with van der Waals surface area (Å²) in [6.45, 7) is 3.99. The molecular weight excluding hydrogens is 442 g/mol. The molecule has 2 aromatic carbocycles. The minimum Gasteiger partial charge on any atom is -0.477 e. The molecule has 10 heteroatoms. The number of halogens is 1. The molecule has 1 heterocycles. The molecule has 1 aliphatic rings. The average Bonchev–Trinajstić information content (AvgIpc) is 2.78. The number of sulfonamides is 1. The highest BCUT2D eigenvalue weighted by atomic mass is 35.5. The summed E-state index contributed by atoms with van der Waals surface area (Å²) in [6, 6.07) is 11.0. The number of carbonyl (C=O) groups excluding carboxylic acids is 2. The van der Waals surface area contributed by atoms with Crippen molar-refractivity contribution in [1.82, 2.24) is 9.62 Å². The Hall–Kier alpha value is -2.62. The van der Waals surface area contributed by atoms with E-state index in [9.17, 15) is 18.0 Å². The number of ether oxygens (including phenoxy) is 1. The topological polar surface area (TPSA) is 96.0 Å². The number of rotatable bonds is 6. The summed E-state index contributed by atoms with van der Waals surface area (Å²) in [5.74, 6) is -0.439. The largest absolute Gasteiger partial charge is 0.477 e. The van der Waals surface area contributed by atoms with Gasteiger partial charge in [-0.15, -0.1) is 0 Å². The fraction of sp³-hybridized carbons (Fsp3) is 0.333. The number of amides is 2. The maximum atomic E-state index is 13.4. The standard InChI is InChI=1S/C21H24ClN3O5S/c1-4-24(5-2)31(28,29)19-12-14(10-11-15(19)22)21(27)25-13-18(20(26)23-3)30-17-9-7-6-8-16(17)25/h6-12,18H,4-5,13H2,1-3H3,(H,23,26)/t18-/m1/s1. The van der Waals surface area contributed by atoms with Gasteiger partial charge in [0.1, 0.15) is 10.6 Å². The van der Waals surface area contributed by atoms with Gasteiger partial charge in [-0.05, 0) is 30.3 Å². The third-order valence-electron chi connectivity index (χ3n) is 5.06. The number of fused-ring (bicyclic) bond motifs is 1. The van der Waals surface area contributed by atoms with E-state index in [-0.39, 0.29) is 41.0 Å². The van der Waals surface area contributed by atoms with Crippen LogP contribution in [0.2, 0.25) is 5.02 Å². The lowest BCUT2D eigenvalue weighted by molar-refractivity contribution is -0.127. The summed E-state index contributed by atoms with van der Waals surface area (Å²) >= 11 is 6.19. The van der Waals surface area contributed by atoms with Gasteiger partial charge in [-0.2, -0.15) is 4.31 Å². The molecule has 31 heavy (non-hydrogen) atoms. The van der Waals surface area contributed by atoms with Crippen LogP contribution in [0.4, 0.5) is 5.69 Å². The number of hydrogen-bond donors (Lipinski definition) is 1. The molecule has 0 aromatic heterocycles. The number of hydrogen-bond acceptors (Lipinski definition) is 5. The lowest BCUT2D eigenvalue weighted by Gasteiger charge is -2.34. The molecule has 1 N–H and O–H groups in total. The van der Waals surface area contributed by atoms with Crippen molar-refractivity contribution in [2.75, 3.05) is 31.6 Å². The molecule has 166 valence electrons. The predicted octanol–water partition coefficient (Wildman–Crippen LogP) is 2.52. The highest BCUT2D eigenvalue weighted by molar-refractivity contribution is 7.89. The second kappa shape index (κ2) is 9.25. The molecule has 1 aliphatic heterocycles. The second-order valence-electron chi connectivity index (χ2n) is 6.84. The Morgan fingerprint density at radius 2 is 1.87 bits per heavy atom. The maximum absolute atomic E-state index is 13.4. The molecule has 0 radical (unpaired) electrons. The number of likely N-dealkylation sites (N-methyl/N-ethyl adjacent to an activating group) is 1. The zero-order valence-electron chi connectivity index (χ0n) is 17.5. The SMILES string of the molecule is CCN(CC)S(=O)(=O)c1cc(C(=O)N2C[C@H](C(=O)NC)Oc3ccccc32)ccc1Cl. The lowest BCUT2D eigenvalue weighted by Crippen LogP contribution is -2.50. The first-order valence-corrected chi connectivity index (χ1v) is 11.6. The number of para-hydroxylation sites is 2. The first-order valence-electron chi connectivity index (χ1n) is 9.83. The second-order valence-corrected chi connectivity index (χ2v) is 9.15. The number of benzene rings is 2. The molecule has 2 aromatic rings. The molecule has 0 spiro atoms. The van der Waals surface area contributed by atoms with E-state index < -0.39 is 22.0 Å². The predicted molar refractivity (Wildman–Crippen MR) is 118 cm³/mol. The quantitative estimate of drug-likeness (QED) is 0.707. The molecule has 2 amide bonds. The summed E-state index contributed by atoms with van der Waals surface area (Å²) < 4.78 is 33.0. The van der Waals surface area contributed by atoms with Crippen LogP contribution < -0.4 is 15.0 Å². The molecule has 0 saturated heterocycles. The van der Waals surface area contributed by atoms with Crippen molar-refractivity contribution in [1.29, 1.82) is 0 Å². The van der Waals surface area contributed by atoms with Gasteiger partial charge in [0.25, 0.3) is 11.8 Å². The van der Waals surface area contributed by atoms with Crippen LogP contribution in [0.15, 0.2) is 47.4 Å². The van der Waals surface area contributed by atoms with Crippen molar-refractivity contribution in [2.24, 2.45) is 0 Å². The van der Waals surface area contributed by atoms with Gasteiger partial charge in [0.15, 0.2) is 6.10 Å². The summed E-state index contributed by atoms with van der Waals surface area (Å²) in [5, 5.41) is 2.56. The van der Waals surface area contributed by atoms with Crippen molar-refractivity contribution in [3.05, 3.63) is 53.1 Å². The Labute approximate surface area is 186 Å². The third kappa shape index (κ3) is 4.39. The molecule has 0 unspecified atom stereocenters. The Morgan fingerprint density at radius 3 is 2.52 bits per heavy atom. The average molecular weight is 466 g/mol. The van der Waals surface area contributed by atoms with Gasteiger partial charge in [-0.25, -0.2) is 8.42 Å². The van der Waals surface area contributed by atoms with Gasteiger partial charge in [0.05, 0.1) is 17.3 Å². The number of anilines is 1. The molecule has 1 atom stereocenters. The molecule has 8 nitrogen and oxygen atoms in total. The monoisotopic (exact) mass is 465 g/mol. The fourth-order valence-corrected chi connectivity index (χ4v) is 5.38. The summed E-state index contributed by atoms with van der Waals surface area (Å²) in [4.78, 5) is 26.9. The zero-order chi connectivity index (χ0) is 22.8. The molecule has 3 rings (SSSR count). The molecule has 0 fully saturated rings. The van der Waals surface area contributed by atoms with E-state index >= 15 is 0 Å². The van der Waals surface area contributed by atoms with Crippen molar-refractivity contribution >= 4 is 39.1 Å². The van der Waals surface area contributed by atoms with Crippen molar-refractivity contribution in [3.63, 3.8) is 0 Å². The van der Waals surface area contributed by atoms with Crippen LogP contribution in [0.3, 0.4) is 0 Å². The van der Waals surface area contributed by atoms with Gasteiger partial charge in [0.2, 0.25) is 10.0 Å². The molecule has 0 saturated carbocycles. The van der Waals surface area contributed by atoms with Crippen LogP contribution in [0.5, 0.6) is 5.75 Å². The van der Waals surface area contributed by atoms with E-state index in [1.165, 1.54) is 34.5 Å². The Bertz CT molecular complexity index is 1100. The van der Waals surface area contributed by atoms with Crippen LogP contribution in [0.1, 0.15) is 24.2 Å². The van der Waals surface area contributed by atoms with E-state index in [1.54, 1.807) is 38.1 Å². The van der Waals surface area contributed by atoms with E-state index in [0.29, 0.717) is 11.4 Å². The van der Waals surface area contributed by atoms with E-state index in [2.05, 4.69) is 5.32 Å². The Kier molecular flexibility index (Phi) is 6.88. The summed E-state index contributed by atoms with van der Waals surface area (Å²) in [6.07, 6.45) is -0.893. The number of carbonyl (C=O) groups is 2. The van der Waals surface area contributed by atoms with Crippen LogP contribution >= 0.6 is 11.6 Å². The minimum absolute atomic E-state index is 0.0176. The zero-order valence-corrected chi connectivity index (χ0v) is 19.0. The van der Waals surface area contributed by atoms with Crippen LogP contribution in [-0.2, 0) is 14.8 Å².